The summed E-state index contributed by atoms with van der Waals surface area (Å²) >= 11 is 0. The molecule has 0 fully saturated rings. The van der Waals surface area contributed by atoms with Crippen LogP contribution < -0.4 is 11.1 Å². The van der Waals surface area contributed by atoms with Gasteiger partial charge in [0, 0.05) is 11.8 Å². The van der Waals surface area contributed by atoms with Crippen molar-refractivity contribution in [2.24, 2.45) is 0 Å². The van der Waals surface area contributed by atoms with Gasteiger partial charge in [-0.2, -0.15) is 13.2 Å². The van der Waals surface area contributed by atoms with Gasteiger partial charge in [-0.05, 0) is 25.1 Å². The van der Waals surface area contributed by atoms with Crippen LogP contribution in [0.2, 0.25) is 0 Å². The summed E-state index contributed by atoms with van der Waals surface area (Å²) in [6.45, 7) is 2.91. The van der Waals surface area contributed by atoms with Gasteiger partial charge in [0.1, 0.15) is 12.4 Å². The number of aromatic nitrogens is 1. The van der Waals surface area contributed by atoms with Gasteiger partial charge in [0.25, 0.3) is 0 Å². The lowest BCUT2D eigenvalue weighted by atomic mass is 10.1. The summed E-state index contributed by atoms with van der Waals surface area (Å²) < 4.78 is 40.9. The molecule has 0 aliphatic carbocycles. The van der Waals surface area contributed by atoms with Crippen LogP contribution in [-0.2, 0) is 4.74 Å². The molecule has 1 atom stereocenters. The van der Waals surface area contributed by atoms with Crippen molar-refractivity contribution in [1.29, 1.82) is 0 Å². The molecule has 0 aromatic carbocycles. The second-order valence-electron chi connectivity index (χ2n) is 4.23. The Kier molecular flexibility index (Phi) is 5.56. The van der Waals surface area contributed by atoms with Gasteiger partial charge in [-0.15, -0.1) is 0 Å². The van der Waals surface area contributed by atoms with E-state index in [9.17, 15) is 13.2 Å². The lowest BCUT2D eigenvalue weighted by Gasteiger charge is -2.20. The SMILES string of the molecule is CCNC(COCC(F)(F)F)c1cc(C)cnc1N. The van der Waals surface area contributed by atoms with Crippen LogP contribution in [0.4, 0.5) is 19.0 Å². The highest BCUT2D eigenvalue weighted by Gasteiger charge is 2.28. The fourth-order valence-corrected chi connectivity index (χ4v) is 1.68. The van der Waals surface area contributed by atoms with E-state index < -0.39 is 18.8 Å². The molecule has 19 heavy (non-hydrogen) atoms. The average Bonchev–Trinajstić information content (AvgIpc) is 2.30. The first kappa shape index (κ1) is 15.7. The summed E-state index contributed by atoms with van der Waals surface area (Å²) in [6, 6.07) is 1.40. The van der Waals surface area contributed by atoms with Crippen molar-refractivity contribution in [3.05, 3.63) is 23.4 Å². The predicted octanol–water partition coefficient (Wildman–Crippen LogP) is 2.20. The minimum atomic E-state index is -4.33. The second kappa shape index (κ2) is 6.72. The molecular weight excluding hydrogens is 259 g/mol. The van der Waals surface area contributed by atoms with E-state index in [-0.39, 0.29) is 6.61 Å². The van der Waals surface area contributed by atoms with Crippen molar-refractivity contribution in [2.75, 3.05) is 25.5 Å². The summed E-state index contributed by atoms with van der Waals surface area (Å²) in [5.74, 6) is 0.298. The van der Waals surface area contributed by atoms with Crippen molar-refractivity contribution < 1.29 is 17.9 Å². The molecule has 0 amide bonds. The van der Waals surface area contributed by atoms with Crippen LogP contribution in [0.1, 0.15) is 24.1 Å². The van der Waals surface area contributed by atoms with E-state index in [1.54, 1.807) is 12.3 Å². The maximum Gasteiger partial charge on any atom is 0.411 e. The molecule has 0 saturated carbocycles. The van der Waals surface area contributed by atoms with E-state index in [0.717, 1.165) is 5.56 Å². The second-order valence-corrected chi connectivity index (χ2v) is 4.23. The summed E-state index contributed by atoms with van der Waals surface area (Å²) in [7, 11) is 0. The van der Waals surface area contributed by atoms with E-state index in [0.29, 0.717) is 17.9 Å². The molecule has 1 unspecified atom stereocenters. The fourth-order valence-electron chi connectivity index (χ4n) is 1.68. The van der Waals surface area contributed by atoms with E-state index in [4.69, 9.17) is 10.5 Å². The molecule has 3 N–H and O–H groups in total. The molecule has 1 aromatic heterocycles. The third kappa shape index (κ3) is 5.44. The number of aryl methyl sites for hydroxylation is 1. The molecule has 4 nitrogen and oxygen atoms in total. The molecule has 0 aliphatic rings. The monoisotopic (exact) mass is 277 g/mol. The number of nitrogen functional groups attached to an aromatic ring is 1. The number of rotatable bonds is 6. The minimum absolute atomic E-state index is 0.108. The maximum atomic E-state index is 12.1. The van der Waals surface area contributed by atoms with Gasteiger partial charge in [-0.3, -0.25) is 0 Å². The molecule has 0 saturated heterocycles. The fraction of sp³-hybridized carbons (Fsp3) is 0.583. The number of ether oxygens (including phenoxy) is 1. The van der Waals surface area contributed by atoms with Crippen LogP contribution in [0.5, 0.6) is 0 Å². The first-order chi connectivity index (χ1) is 8.83. The Balaban J connectivity index is 2.73. The number of nitrogens with one attached hydrogen (secondary N) is 1. The van der Waals surface area contributed by atoms with Crippen LogP contribution in [0, 0.1) is 6.92 Å². The quantitative estimate of drug-likeness (QED) is 0.837. The number of anilines is 1. The van der Waals surface area contributed by atoms with Crippen LogP contribution in [0.3, 0.4) is 0 Å². The Bertz CT molecular complexity index is 410. The number of halogens is 3. The normalized spacial score (nSPS) is 13.5. The highest BCUT2D eigenvalue weighted by Crippen LogP contribution is 2.21. The zero-order valence-electron chi connectivity index (χ0n) is 10.9. The van der Waals surface area contributed by atoms with Gasteiger partial charge < -0.3 is 15.8 Å². The molecule has 0 radical (unpaired) electrons. The number of hydrogen-bond acceptors (Lipinski definition) is 4. The zero-order valence-corrected chi connectivity index (χ0v) is 10.9. The lowest BCUT2D eigenvalue weighted by molar-refractivity contribution is -0.175. The highest BCUT2D eigenvalue weighted by molar-refractivity contribution is 5.43. The van der Waals surface area contributed by atoms with Crippen LogP contribution in [0.25, 0.3) is 0 Å². The molecule has 7 heteroatoms. The summed E-state index contributed by atoms with van der Waals surface area (Å²) in [6.07, 6.45) is -2.72. The van der Waals surface area contributed by atoms with Crippen molar-refractivity contribution >= 4 is 5.82 Å². The molecule has 1 aromatic rings. The first-order valence-corrected chi connectivity index (χ1v) is 5.93. The maximum absolute atomic E-state index is 12.1. The number of nitrogens with two attached hydrogens (primary N) is 1. The topological polar surface area (TPSA) is 60.2 Å². The third-order valence-electron chi connectivity index (χ3n) is 2.46. The summed E-state index contributed by atoms with van der Waals surface area (Å²) in [5.41, 5.74) is 7.30. The Morgan fingerprint density at radius 1 is 1.47 bits per heavy atom. The van der Waals surface area contributed by atoms with Crippen LogP contribution in [0.15, 0.2) is 12.3 Å². The molecule has 0 spiro atoms. The predicted molar refractivity (Wildman–Crippen MR) is 66.7 cm³/mol. The van der Waals surface area contributed by atoms with Gasteiger partial charge in [0.2, 0.25) is 0 Å². The van der Waals surface area contributed by atoms with Crippen molar-refractivity contribution in [1.82, 2.24) is 10.3 Å². The number of hydrogen-bond donors (Lipinski definition) is 2. The Labute approximate surface area is 110 Å². The number of likely N-dealkylation sites (N-methyl/N-ethyl adjacent to an activating group) is 1. The van der Waals surface area contributed by atoms with Crippen LogP contribution >= 0.6 is 0 Å². The summed E-state index contributed by atoms with van der Waals surface area (Å²) in [5, 5.41) is 3.04. The van der Waals surface area contributed by atoms with E-state index in [1.165, 1.54) is 0 Å². The van der Waals surface area contributed by atoms with Crippen molar-refractivity contribution in [3.63, 3.8) is 0 Å². The highest BCUT2D eigenvalue weighted by atomic mass is 19.4. The van der Waals surface area contributed by atoms with Crippen molar-refractivity contribution in [3.8, 4) is 0 Å². The third-order valence-corrected chi connectivity index (χ3v) is 2.46. The van der Waals surface area contributed by atoms with E-state index in [2.05, 4.69) is 10.3 Å². The van der Waals surface area contributed by atoms with E-state index >= 15 is 0 Å². The standard InChI is InChI=1S/C12H18F3N3O/c1-3-17-10(6-19-7-12(13,14)15)9-4-8(2)5-18-11(9)16/h4-5,10,17H,3,6-7H2,1-2H3,(H2,16,18). The van der Waals surface area contributed by atoms with Gasteiger partial charge in [-0.25, -0.2) is 4.98 Å². The van der Waals surface area contributed by atoms with Gasteiger partial charge in [0.15, 0.2) is 0 Å². The Morgan fingerprint density at radius 2 is 2.16 bits per heavy atom. The van der Waals surface area contributed by atoms with Crippen molar-refractivity contribution in [2.45, 2.75) is 26.1 Å². The smallest absolute Gasteiger partial charge is 0.383 e. The molecule has 1 heterocycles. The number of alkyl halides is 3. The molecule has 0 bridgehead atoms. The van der Waals surface area contributed by atoms with E-state index in [1.807, 2.05) is 13.8 Å². The molecular formula is C12H18F3N3O. The van der Waals surface area contributed by atoms with Gasteiger partial charge in [0.05, 0.1) is 12.6 Å². The molecule has 108 valence electrons. The average molecular weight is 277 g/mol. The Morgan fingerprint density at radius 3 is 2.74 bits per heavy atom. The first-order valence-electron chi connectivity index (χ1n) is 5.93. The lowest BCUT2D eigenvalue weighted by Crippen LogP contribution is -2.28. The molecule has 1 rings (SSSR count). The summed E-state index contributed by atoms with van der Waals surface area (Å²) in [4.78, 5) is 4.00. The largest absolute Gasteiger partial charge is 0.411 e. The number of nitrogens with zero attached hydrogens (tertiary/aromatic N) is 1. The van der Waals surface area contributed by atoms with Gasteiger partial charge >= 0.3 is 6.18 Å². The minimum Gasteiger partial charge on any atom is -0.383 e. The number of pyridine rings is 1. The zero-order chi connectivity index (χ0) is 14.5. The Hall–Kier alpha value is -1.34. The van der Waals surface area contributed by atoms with Gasteiger partial charge in [-0.1, -0.05) is 6.92 Å². The molecule has 0 aliphatic heterocycles. The van der Waals surface area contributed by atoms with Crippen LogP contribution in [-0.4, -0.2) is 30.9 Å².